The quantitative estimate of drug-likeness (QED) is 0.490. The van der Waals surface area contributed by atoms with Crippen LogP contribution in [-0.4, -0.2) is 38.8 Å². The molecule has 1 fully saturated rings. The summed E-state index contributed by atoms with van der Waals surface area (Å²) in [6.45, 7) is 2.04. The molecule has 1 N–H and O–H groups in total. The second-order valence-corrected chi connectivity index (χ2v) is 10.2. The van der Waals surface area contributed by atoms with Gasteiger partial charge in [0.15, 0.2) is 5.82 Å². The first-order chi connectivity index (χ1) is 15.5. The first-order valence-electron chi connectivity index (χ1n) is 10.5. The molecule has 0 atom stereocenters. The molecule has 0 saturated carbocycles. The first-order valence-corrected chi connectivity index (χ1v) is 12.8. The summed E-state index contributed by atoms with van der Waals surface area (Å²) < 4.78 is 34.2. The molecule has 1 aromatic heterocycles. The maximum atomic E-state index is 12.9. The average Bonchev–Trinajstić information content (AvgIpc) is 3.09. The molecule has 1 aliphatic rings. The smallest absolute Gasteiger partial charge is 0.265 e. The van der Waals surface area contributed by atoms with Crippen LogP contribution in [0, 0.1) is 0 Å². The van der Waals surface area contributed by atoms with Gasteiger partial charge in [-0.1, -0.05) is 40.9 Å². The van der Waals surface area contributed by atoms with Crippen LogP contribution in [0.15, 0.2) is 64.0 Å². The largest absolute Gasteiger partial charge is 0.495 e. The molecule has 0 spiro atoms. The summed E-state index contributed by atoms with van der Waals surface area (Å²) in [5.74, 6) is 1.18. The van der Waals surface area contributed by atoms with Crippen molar-refractivity contribution in [3.05, 3.63) is 59.1 Å². The Balaban J connectivity index is 1.49. The highest BCUT2D eigenvalue weighted by Gasteiger charge is 2.20. The number of hydrogen-bond acceptors (Lipinski definition) is 6. The fourth-order valence-electron chi connectivity index (χ4n) is 3.73. The molecule has 9 heteroatoms. The molecule has 168 valence electrons. The molecule has 4 rings (SSSR count). The van der Waals surface area contributed by atoms with E-state index in [9.17, 15) is 8.42 Å². The highest BCUT2D eigenvalue weighted by atomic mass is 79.9. The summed E-state index contributed by atoms with van der Waals surface area (Å²) in [5.41, 5.74) is 2.06. The number of ether oxygens (including phenoxy) is 1. The van der Waals surface area contributed by atoms with Crippen molar-refractivity contribution in [3.63, 3.8) is 0 Å². The van der Waals surface area contributed by atoms with Crippen LogP contribution in [0.2, 0.25) is 0 Å². The van der Waals surface area contributed by atoms with Crippen molar-refractivity contribution in [1.82, 2.24) is 10.2 Å². The van der Waals surface area contributed by atoms with Crippen LogP contribution in [0.1, 0.15) is 25.7 Å². The maximum Gasteiger partial charge on any atom is 0.265 e. The third-order valence-corrected chi connectivity index (χ3v) is 7.32. The number of nitrogens with zero attached hydrogens (tertiary/aromatic N) is 3. The number of rotatable bonds is 6. The highest BCUT2D eigenvalue weighted by Crippen LogP contribution is 2.29. The predicted molar refractivity (Wildman–Crippen MR) is 130 cm³/mol. The number of benzene rings is 2. The zero-order valence-electron chi connectivity index (χ0n) is 17.8. The summed E-state index contributed by atoms with van der Waals surface area (Å²) in [6, 6.07) is 15.9. The molecule has 2 aromatic carbocycles. The Kier molecular flexibility index (Phi) is 6.95. The molecule has 0 amide bonds. The van der Waals surface area contributed by atoms with Crippen molar-refractivity contribution in [3.8, 4) is 17.0 Å². The van der Waals surface area contributed by atoms with E-state index in [1.807, 2.05) is 24.3 Å². The van der Waals surface area contributed by atoms with Gasteiger partial charge >= 0.3 is 0 Å². The van der Waals surface area contributed by atoms with Gasteiger partial charge in [0.05, 0.1) is 12.8 Å². The number of halogens is 1. The summed E-state index contributed by atoms with van der Waals surface area (Å²) >= 11 is 3.31. The lowest BCUT2D eigenvalue weighted by atomic mass is 10.1. The van der Waals surface area contributed by atoms with Crippen molar-refractivity contribution in [2.45, 2.75) is 30.6 Å². The van der Waals surface area contributed by atoms with Crippen LogP contribution < -0.4 is 14.4 Å². The van der Waals surface area contributed by atoms with Gasteiger partial charge in [0.25, 0.3) is 10.0 Å². The maximum absolute atomic E-state index is 12.9. The second-order valence-electron chi connectivity index (χ2n) is 7.66. The Morgan fingerprint density at radius 3 is 2.28 bits per heavy atom. The number of sulfonamides is 1. The molecule has 0 radical (unpaired) electrons. The van der Waals surface area contributed by atoms with Gasteiger partial charge in [0, 0.05) is 28.8 Å². The normalized spacial score (nSPS) is 14.6. The van der Waals surface area contributed by atoms with Gasteiger partial charge in [-0.3, -0.25) is 4.72 Å². The number of aromatic nitrogens is 2. The topological polar surface area (TPSA) is 84.4 Å². The van der Waals surface area contributed by atoms with Crippen molar-refractivity contribution in [2.24, 2.45) is 0 Å². The van der Waals surface area contributed by atoms with Crippen molar-refractivity contribution >= 4 is 37.5 Å². The van der Waals surface area contributed by atoms with Crippen LogP contribution in [0.3, 0.4) is 0 Å². The molecule has 1 saturated heterocycles. The molecule has 32 heavy (non-hydrogen) atoms. The van der Waals surface area contributed by atoms with Crippen LogP contribution in [0.25, 0.3) is 11.3 Å². The van der Waals surface area contributed by atoms with E-state index in [1.54, 1.807) is 24.3 Å². The molecule has 3 aromatic rings. The fraction of sp³-hybridized carbons (Fsp3) is 0.304. The molecule has 0 unspecified atom stereocenters. The Morgan fingerprint density at radius 2 is 1.66 bits per heavy atom. The summed E-state index contributed by atoms with van der Waals surface area (Å²) in [5, 5.41) is 8.80. The minimum absolute atomic E-state index is 0.0634. The SMILES string of the molecule is COc1ccc(Br)cc1S(=O)(=O)Nc1ccc(-c2ccc(N3CCCCCC3)nn2)cc1. The molecule has 0 bridgehead atoms. The Bertz CT molecular complexity index is 1160. The van der Waals surface area contributed by atoms with E-state index < -0.39 is 10.0 Å². The van der Waals surface area contributed by atoms with Crippen molar-refractivity contribution in [1.29, 1.82) is 0 Å². The van der Waals surface area contributed by atoms with E-state index in [2.05, 4.69) is 35.7 Å². The van der Waals surface area contributed by atoms with Gasteiger partial charge in [-0.25, -0.2) is 8.42 Å². The highest BCUT2D eigenvalue weighted by molar-refractivity contribution is 9.10. The van der Waals surface area contributed by atoms with Gasteiger partial charge in [-0.2, -0.15) is 0 Å². The molecular formula is C23H25BrN4O3S. The third-order valence-electron chi connectivity index (χ3n) is 5.43. The zero-order chi connectivity index (χ0) is 22.6. The Labute approximate surface area is 197 Å². The van der Waals surface area contributed by atoms with Gasteiger partial charge in [0.1, 0.15) is 10.6 Å². The molecular weight excluding hydrogens is 492 g/mol. The van der Waals surface area contributed by atoms with E-state index in [0.29, 0.717) is 10.2 Å². The summed E-state index contributed by atoms with van der Waals surface area (Å²) in [6.07, 6.45) is 4.91. The van der Waals surface area contributed by atoms with E-state index >= 15 is 0 Å². The number of methoxy groups -OCH3 is 1. The molecule has 0 aliphatic carbocycles. The number of anilines is 2. The number of hydrogen-bond donors (Lipinski definition) is 1. The number of nitrogens with one attached hydrogen (secondary N) is 1. The average molecular weight is 517 g/mol. The third kappa shape index (κ3) is 5.21. The lowest BCUT2D eigenvalue weighted by Gasteiger charge is -2.20. The first kappa shape index (κ1) is 22.5. The van der Waals surface area contributed by atoms with Crippen molar-refractivity contribution in [2.75, 3.05) is 29.8 Å². The second kappa shape index (κ2) is 9.87. The van der Waals surface area contributed by atoms with Crippen LogP contribution in [-0.2, 0) is 10.0 Å². The Morgan fingerprint density at radius 1 is 0.938 bits per heavy atom. The van der Waals surface area contributed by atoms with Crippen LogP contribution in [0.5, 0.6) is 5.75 Å². The minimum Gasteiger partial charge on any atom is -0.495 e. The van der Waals surface area contributed by atoms with Gasteiger partial charge in [-0.05, 0) is 55.3 Å². The zero-order valence-corrected chi connectivity index (χ0v) is 20.2. The van der Waals surface area contributed by atoms with E-state index in [4.69, 9.17) is 4.74 Å². The van der Waals surface area contributed by atoms with E-state index in [1.165, 1.54) is 38.9 Å². The monoisotopic (exact) mass is 516 g/mol. The van der Waals surface area contributed by atoms with Crippen molar-refractivity contribution < 1.29 is 13.2 Å². The van der Waals surface area contributed by atoms with Crippen LogP contribution in [0.4, 0.5) is 11.5 Å². The van der Waals surface area contributed by atoms with Gasteiger partial charge in [-0.15, -0.1) is 10.2 Å². The van der Waals surface area contributed by atoms with Crippen LogP contribution >= 0.6 is 15.9 Å². The molecule has 1 aliphatic heterocycles. The fourth-order valence-corrected chi connectivity index (χ4v) is 5.49. The predicted octanol–water partition coefficient (Wildman–Crippen LogP) is 5.10. The lowest BCUT2D eigenvalue weighted by Crippen LogP contribution is -2.25. The van der Waals surface area contributed by atoms with Gasteiger partial charge in [0.2, 0.25) is 0 Å². The Hall–Kier alpha value is -2.65. The molecule has 2 heterocycles. The minimum atomic E-state index is -3.82. The molecule has 7 nitrogen and oxygen atoms in total. The lowest BCUT2D eigenvalue weighted by molar-refractivity contribution is 0.403. The summed E-state index contributed by atoms with van der Waals surface area (Å²) in [7, 11) is -2.37. The summed E-state index contributed by atoms with van der Waals surface area (Å²) in [4.78, 5) is 2.35. The van der Waals surface area contributed by atoms with Gasteiger partial charge < -0.3 is 9.64 Å². The van der Waals surface area contributed by atoms with E-state index in [0.717, 1.165) is 30.2 Å². The van der Waals surface area contributed by atoms with E-state index in [-0.39, 0.29) is 10.6 Å². The standard InChI is InChI=1S/C23H25BrN4O3S/c1-31-21-12-8-18(24)16-22(21)32(29,30)27-19-9-6-17(7-10-19)20-11-13-23(26-25-20)28-14-4-2-3-5-15-28/h6-13,16,27H,2-5,14-15H2,1H3.